The lowest BCUT2D eigenvalue weighted by molar-refractivity contribution is -0.385. The Kier molecular flexibility index (Phi) is 11.9. The Bertz CT molecular complexity index is 1650. The minimum Gasteiger partial charge on any atom is -0.495 e. The van der Waals surface area contributed by atoms with Crippen molar-refractivity contribution < 1.29 is 27.7 Å². The largest absolute Gasteiger partial charge is 0.495 e. The van der Waals surface area contributed by atoms with Crippen molar-refractivity contribution in [2.24, 2.45) is 0 Å². The lowest BCUT2D eigenvalue weighted by Crippen LogP contribution is -2.53. The van der Waals surface area contributed by atoms with Crippen LogP contribution in [0.2, 0.25) is 5.02 Å². The summed E-state index contributed by atoms with van der Waals surface area (Å²) in [4.78, 5) is 39.7. The van der Waals surface area contributed by atoms with E-state index in [0.29, 0.717) is 6.42 Å². The van der Waals surface area contributed by atoms with Crippen molar-refractivity contribution in [1.82, 2.24) is 10.2 Å². The maximum absolute atomic E-state index is 14.3. The molecular weight excluding hydrogens is 620 g/mol. The van der Waals surface area contributed by atoms with Crippen LogP contribution >= 0.6 is 11.6 Å². The highest BCUT2D eigenvalue weighted by Gasteiger charge is 2.36. The van der Waals surface area contributed by atoms with Crippen LogP contribution < -0.4 is 14.4 Å². The van der Waals surface area contributed by atoms with Gasteiger partial charge in [0.1, 0.15) is 18.3 Å². The van der Waals surface area contributed by atoms with Gasteiger partial charge in [-0.25, -0.2) is 8.42 Å². The second kappa shape index (κ2) is 15.2. The Labute approximate surface area is 269 Å². The van der Waals surface area contributed by atoms with Crippen LogP contribution in [0.5, 0.6) is 5.75 Å². The summed E-state index contributed by atoms with van der Waals surface area (Å²) < 4.78 is 34.8. The maximum atomic E-state index is 14.3. The molecule has 0 fully saturated rings. The second-order valence-electron chi connectivity index (χ2n) is 10.8. The van der Waals surface area contributed by atoms with Gasteiger partial charge in [0, 0.05) is 29.2 Å². The van der Waals surface area contributed by atoms with E-state index in [9.17, 15) is 28.1 Å². The molecule has 2 amide bonds. The van der Waals surface area contributed by atoms with E-state index < -0.39 is 44.0 Å². The third kappa shape index (κ3) is 8.52. The molecule has 11 nitrogen and oxygen atoms in total. The maximum Gasteiger partial charge on any atom is 0.273 e. The Morgan fingerprint density at radius 3 is 2.27 bits per heavy atom. The van der Waals surface area contributed by atoms with E-state index in [2.05, 4.69) is 5.32 Å². The Morgan fingerprint density at radius 1 is 1.02 bits per heavy atom. The fourth-order valence-corrected chi connectivity index (χ4v) is 6.30. The molecule has 3 rings (SSSR count). The van der Waals surface area contributed by atoms with E-state index >= 15 is 0 Å². The molecule has 0 saturated carbocycles. The number of hydrogen-bond acceptors (Lipinski definition) is 7. The number of ether oxygens (including phenoxy) is 1. The van der Waals surface area contributed by atoms with E-state index in [1.165, 1.54) is 49.3 Å². The topological polar surface area (TPSA) is 139 Å². The Balaban J connectivity index is 2.18. The number of methoxy groups -OCH3 is 1. The fraction of sp³-hybridized carbons (Fsp3) is 0.375. The molecule has 0 saturated heterocycles. The average Bonchev–Trinajstić information content (AvgIpc) is 3.00. The predicted octanol–water partition coefficient (Wildman–Crippen LogP) is 5.79. The molecule has 0 bridgehead atoms. The zero-order valence-electron chi connectivity index (χ0n) is 26.2. The molecule has 0 aliphatic carbocycles. The first kappa shape index (κ1) is 35.3. The normalized spacial score (nSPS) is 12.6. The Hall–Kier alpha value is -4.16. The summed E-state index contributed by atoms with van der Waals surface area (Å²) in [6.07, 6.45) is 0.939. The van der Waals surface area contributed by atoms with Crippen molar-refractivity contribution in [1.29, 1.82) is 0 Å². The number of sulfonamides is 1. The number of benzene rings is 3. The van der Waals surface area contributed by atoms with Gasteiger partial charge in [-0.1, -0.05) is 61.3 Å². The number of carbonyl (C=O) groups is 2. The van der Waals surface area contributed by atoms with Gasteiger partial charge in [-0.2, -0.15) is 0 Å². The highest BCUT2D eigenvalue weighted by Crippen LogP contribution is 2.36. The SMILES string of the molecule is CC[C@H](C(=O)N[C@@H](C)CC)N(Cc1ccc(C)cc1)C(=O)CN(c1cc(Cl)ccc1OC)S(=O)(=O)c1ccc(C)c([N+](=O)[O-])c1. The summed E-state index contributed by atoms with van der Waals surface area (Å²) in [7, 11) is -3.28. The van der Waals surface area contributed by atoms with E-state index in [0.717, 1.165) is 21.5 Å². The number of anilines is 1. The predicted molar refractivity (Wildman–Crippen MR) is 174 cm³/mol. The monoisotopic (exact) mass is 658 g/mol. The molecule has 3 aromatic carbocycles. The summed E-state index contributed by atoms with van der Waals surface area (Å²) in [6, 6.07) is 14.2. The Morgan fingerprint density at radius 2 is 1.69 bits per heavy atom. The molecule has 0 heterocycles. The molecule has 13 heteroatoms. The molecule has 0 aromatic heterocycles. The second-order valence-corrected chi connectivity index (χ2v) is 13.1. The fourth-order valence-electron chi connectivity index (χ4n) is 4.70. The highest BCUT2D eigenvalue weighted by molar-refractivity contribution is 7.92. The van der Waals surface area contributed by atoms with E-state index in [1.807, 2.05) is 45.0 Å². The number of carbonyl (C=O) groups excluding carboxylic acids is 2. The van der Waals surface area contributed by atoms with Crippen molar-refractivity contribution in [3.8, 4) is 5.75 Å². The molecule has 0 spiro atoms. The van der Waals surface area contributed by atoms with E-state index in [-0.39, 0.29) is 46.9 Å². The molecule has 242 valence electrons. The summed E-state index contributed by atoms with van der Waals surface area (Å²) in [5.41, 5.74) is 1.58. The molecule has 0 aliphatic heterocycles. The summed E-state index contributed by atoms with van der Waals surface area (Å²) in [6.45, 7) is 8.26. The third-order valence-electron chi connectivity index (χ3n) is 7.51. The van der Waals surface area contributed by atoms with Crippen LogP contribution in [-0.4, -0.2) is 55.8 Å². The molecular formula is C32H39ClN4O7S. The molecule has 0 aliphatic rings. The highest BCUT2D eigenvalue weighted by atomic mass is 35.5. The molecule has 0 unspecified atom stereocenters. The van der Waals surface area contributed by atoms with Gasteiger partial charge in [-0.05, 0) is 63.4 Å². The van der Waals surface area contributed by atoms with Gasteiger partial charge in [0.05, 0.1) is 22.6 Å². The average molecular weight is 659 g/mol. The number of nitrogens with zero attached hydrogens (tertiary/aromatic N) is 3. The van der Waals surface area contributed by atoms with Gasteiger partial charge < -0.3 is 15.0 Å². The number of halogens is 1. The zero-order chi connectivity index (χ0) is 33.5. The molecule has 1 N–H and O–H groups in total. The standard InChI is InChI=1S/C32H39ClN4O7S/c1-7-23(5)34-32(39)27(8-2)35(19-24-12-9-21(3)10-13-24)31(38)20-36(29-17-25(33)14-16-30(29)44-6)45(42,43)26-15-11-22(4)28(18-26)37(40)41/h9-18,23,27H,7-8,19-20H2,1-6H3,(H,34,39)/t23-,27+/m0/s1. The molecule has 2 atom stereocenters. The molecule has 3 aromatic rings. The van der Waals surface area contributed by atoms with Crippen LogP contribution in [-0.2, 0) is 26.2 Å². The quantitative estimate of drug-likeness (QED) is 0.171. The number of amides is 2. The van der Waals surface area contributed by atoms with Gasteiger partial charge >= 0.3 is 0 Å². The molecule has 0 radical (unpaired) electrons. The van der Waals surface area contributed by atoms with Crippen LogP contribution in [0.1, 0.15) is 50.3 Å². The van der Waals surface area contributed by atoms with Gasteiger partial charge in [0.25, 0.3) is 15.7 Å². The van der Waals surface area contributed by atoms with Gasteiger partial charge in [0.15, 0.2) is 0 Å². The smallest absolute Gasteiger partial charge is 0.273 e. The van der Waals surface area contributed by atoms with Crippen LogP contribution in [0, 0.1) is 24.0 Å². The number of nitro groups is 1. The van der Waals surface area contributed by atoms with E-state index in [1.54, 1.807) is 6.92 Å². The first-order valence-corrected chi connectivity index (χ1v) is 16.3. The number of nitrogens with one attached hydrogen (secondary N) is 1. The van der Waals surface area contributed by atoms with Crippen LogP contribution in [0.4, 0.5) is 11.4 Å². The van der Waals surface area contributed by atoms with Crippen molar-refractivity contribution in [3.05, 3.63) is 92.5 Å². The third-order valence-corrected chi connectivity index (χ3v) is 9.51. The van der Waals surface area contributed by atoms with Crippen LogP contribution in [0.25, 0.3) is 0 Å². The number of hydrogen-bond donors (Lipinski definition) is 1. The van der Waals surface area contributed by atoms with Gasteiger partial charge in [-0.15, -0.1) is 0 Å². The number of rotatable bonds is 14. The first-order valence-electron chi connectivity index (χ1n) is 14.5. The van der Waals surface area contributed by atoms with Crippen LogP contribution in [0.3, 0.4) is 0 Å². The minimum atomic E-state index is -4.62. The van der Waals surface area contributed by atoms with Gasteiger partial charge in [0.2, 0.25) is 11.8 Å². The lowest BCUT2D eigenvalue weighted by Gasteiger charge is -2.34. The minimum absolute atomic E-state index is 0.0299. The van der Waals surface area contributed by atoms with Crippen molar-refractivity contribution in [2.45, 2.75) is 71.0 Å². The molecule has 45 heavy (non-hydrogen) atoms. The van der Waals surface area contributed by atoms with Crippen molar-refractivity contribution >= 4 is 44.8 Å². The van der Waals surface area contributed by atoms with Crippen molar-refractivity contribution in [2.75, 3.05) is 18.0 Å². The number of nitro benzene ring substituents is 1. The summed E-state index contributed by atoms with van der Waals surface area (Å²) in [5, 5.41) is 14.8. The van der Waals surface area contributed by atoms with Crippen LogP contribution in [0.15, 0.2) is 65.6 Å². The lowest BCUT2D eigenvalue weighted by atomic mass is 10.1. The first-order chi connectivity index (χ1) is 21.2. The number of aryl methyl sites for hydroxylation is 2. The summed E-state index contributed by atoms with van der Waals surface area (Å²) in [5.74, 6) is -0.936. The van der Waals surface area contributed by atoms with E-state index in [4.69, 9.17) is 16.3 Å². The van der Waals surface area contributed by atoms with Crippen molar-refractivity contribution in [3.63, 3.8) is 0 Å². The zero-order valence-corrected chi connectivity index (χ0v) is 27.8. The van der Waals surface area contributed by atoms with Gasteiger partial charge in [-0.3, -0.25) is 24.0 Å². The summed E-state index contributed by atoms with van der Waals surface area (Å²) >= 11 is 6.28.